The van der Waals surface area contributed by atoms with Crippen molar-refractivity contribution >= 4 is 46.7 Å². The van der Waals surface area contributed by atoms with Crippen molar-refractivity contribution in [1.29, 1.82) is 0 Å². The fraction of sp³-hybridized carbons (Fsp3) is 0.0870. The Bertz CT molecular complexity index is 1210. The van der Waals surface area contributed by atoms with Gasteiger partial charge in [0.1, 0.15) is 12.4 Å². The summed E-state index contributed by atoms with van der Waals surface area (Å²) in [4.78, 5) is 38.2. The van der Waals surface area contributed by atoms with Gasteiger partial charge in [-0.25, -0.2) is 4.90 Å². The third-order valence-electron chi connectivity index (χ3n) is 4.80. The number of ether oxygens (including phenoxy) is 1. The Kier molecular flexibility index (Phi) is 5.67. The second kappa shape index (κ2) is 8.41. The first kappa shape index (κ1) is 20.9. The average Bonchev–Trinajstić information content (AvgIpc) is 3.00. The minimum absolute atomic E-state index is 0.0444. The van der Waals surface area contributed by atoms with Gasteiger partial charge >= 0.3 is 5.97 Å². The van der Waals surface area contributed by atoms with Crippen molar-refractivity contribution in [3.63, 3.8) is 0 Å². The molecule has 2 amide bonds. The van der Waals surface area contributed by atoms with E-state index in [1.807, 2.05) is 30.3 Å². The molecule has 0 spiro atoms. The molecule has 156 valence electrons. The molecule has 1 heterocycles. The zero-order chi connectivity index (χ0) is 22.1. The highest BCUT2D eigenvalue weighted by Crippen LogP contribution is 2.40. The van der Waals surface area contributed by atoms with Gasteiger partial charge in [0.05, 0.1) is 33.3 Å². The van der Waals surface area contributed by atoms with Crippen LogP contribution in [-0.4, -0.2) is 22.9 Å². The number of halogens is 2. The number of rotatable bonds is 6. The molecule has 0 fully saturated rings. The Morgan fingerprint density at radius 2 is 1.58 bits per heavy atom. The molecular formula is C23H15Cl2NO5. The van der Waals surface area contributed by atoms with Gasteiger partial charge in [-0.2, -0.15) is 0 Å². The van der Waals surface area contributed by atoms with Crippen LogP contribution in [0.25, 0.3) is 0 Å². The number of carboxylic acids is 1. The summed E-state index contributed by atoms with van der Waals surface area (Å²) in [6.45, 7) is 0.209. The average molecular weight is 456 g/mol. The lowest BCUT2D eigenvalue weighted by Crippen LogP contribution is -2.29. The van der Waals surface area contributed by atoms with Crippen molar-refractivity contribution in [2.45, 2.75) is 13.0 Å². The Morgan fingerprint density at radius 3 is 2.26 bits per heavy atom. The summed E-state index contributed by atoms with van der Waals surface area (Å²) in [6, 6.07) is 16.8. The number of aliphatic carboxylic acids is 1. The molecule has 1 N–H and O–H groups in total. The molecule has 0 aliphatic carbocycles. The highest BCUT2D eigenvalue weighted by atomic mass is 35.5. The van der Waals surface area contributed by atoms with E-state index in [1.165, 1.54) is 24.3 Å². The molecule has 3 aromatic rings. The lowest BCUT2D eigenvalue weighted by atomic mass is 10.1. The monoisotopic (exact) mass is 455 g/mol. The van der Waals surface area contributed by atoms with Crippen molar-refractivity contribution in [2.24, 2.45) is 0 Å². The van der Waals surface area contributed by atoms with Gasteiger partial charge in [-0.05, 0) is 35.4 Å². The maximum absolute atomic E-state index is 13.2. The number of carbonyl (C=O) groups excluding carboxylic acids is 2. The summed E-state index contributed by atoms with van der Waals surface area (Å²) < 4.78 is 5.83. The molecule has 3 aromatic carbocycles. The lowest BCUT2D eigenvalue weighted by molar-refractivity contribution is -0.136. The molecule has 0 bridgehead atoms. The Hall–Kier alpha value is -3.35. The van der Waals surface area contributed by atoms with E-state index in [-0.39, 0.29) is 45.6 Å². The van der Waals surface area contributed by atoms with Crippen molar-refractivity contribution in [3.8, 4) is 5.75 Å². The van der Waals surface area contributed by atoms with Gasteiger partial charge in [0, 0.05) is 0 Å². The smallest absolute Gasteiger partial charge is 0.307 e. The molecule has 0 radical (unpaired) electrons. The van der Waals surface area contributed by atoms with E-state index in [0.29, 0.717) is 5.56 Å². The fourth-order valence-corrected chi connectivity index (χ4v) is 3.91. The molecule has 0 saturated carbocycles. The predicted molar refractivity (Wildman–Crippen MR) is 116 cm³/mol. The van der Waals surface area contributed by atoms with E-state index < -0.39 is 17.8 Å². The number of anilines is 1. The number of fused-ring (bicyclic) bond motifs is 1. The summed E-state index contributed by atoms with van der Waals surface area (Å²) in [5, 5.41) is 9.15. The summed E-state index contributed by atoms with van der Waals surface area (Å²) in [7, 11) is 0. The van der Waals surface area contributed by atoms with E-state index in [1.54, 1.807) is 6.07 Å². The fourth-order valence-electron chi connectivity index (χ4n) is 3.39. The number of imide groups is 1. The maximum Gasteiger partial charge on any atom is 0.307 e. The Balaban J connectivity index is 1.69. The topological polar surface area (TPSA) is 83.9 Å². The quantitative estimate of drug-likeness (QED) is 0.528. The minimum atomic E-state index is -1.02. The molecule has 4 rings (SSSR count). The highest BCUT2D eigenvalue weighted by molar-refractivity contribution is 6.44. The van der Waals surface area contributed by atoms with Gasteiger partial charge in [-0.3, -0.25) is 14.4 Å². The number of carbonyl (C=O) groups is 3. The van der Waals surface area contributed by atoms with Crippen LogP contribution in [-0.2, 0) is 17.8 Å². The molecule has 8 heteroatoms. The molecule has 31 heavy (non-hydrogen) atoms. The van der Waals surface area contributed by atoms with Crippen LogP contribution in [0.1, 0.15) is 31.8 Å². The van der Waals surface area contributed by atoms with Crippen LogP contribution < -0.4 is 9.64 Å². The van der Waals surface area contributed by atoms with Crippen LogP contribution in [0.3, 0.4) is 0 Å². The lowest BCUT2D eigenvalue weighted by Gasteiger charge is -2.16. The maximum atomic E-state index is 13.2. The van der Waals surface area contributed by atoms with E-state index in [9.17, 15) is 14.4 Å². The number of amides is 2. The molecule has 0 aromatic heterocycles. The van der Waals surface area contributed by atoms with Gasteiger partial charge in [0.25, 0.3) is 11.8 Å². The predicted octanol–water partition coefficient (Wildman–Crippen LogP) is 5.00. The number of hydrogen-bond donors (Lipinski definition) is 1. The summed E-state index contributed by atoms with van der Waals surface area (Å²) >= 11 is 12.5. The van der Waals surface area contributed by atoms with E-state index in [4.69, 9.17) is 33.0 Å². The largest absolute Gasteiger partial charge is 0.488 e. The molecule has 1 aliphatic rings. The van der Waals surface area contributed by atoms with Crippen molar-refractivity contribution in [3.05, 3.63) is 93.0 Å². The van der Waals surface area contributed by atoms with Crippen LogP contribution in [0.5, 0.6) is 5.75 Å². The van der Waals surface area contributed by atoms with Crippen LogP contribution >= 0.6 is 23.2 Å². The SMILES string of the molecule is O=C(O)Cc1ccc(N2C(=O)c3c(Cl)ccc(OCc4ccccc4)c3C2=O)c(Cl)c1. The zero-order valence-electron chi connectivity index (χ0n) is 16.0. The Labute approximate surface area is 187 Å². The second-order valence-electron chi connectivity index (χ2n) is 6.87. The van der Waals surface area contributed by atoms with Gasteiger partial charge in [0.15, 0.2) is 0 Å². The molecule has 0 atom stereocenters. The number of hydrogen-bond acceptors (Lipinski definition) is 4. The second-order valence-corrected chi connectivity index (χ2v) is 7.69. The van der Waals surface area contributed by atoms with Crippen LogP contribution in [0.2, 0.25) is 10.0 Å². The van der Waals surface area contributed by atoms with Crippen molar-refractivity contribution in [1.82, 2.24) is 0 Å². The van der Waals surface area contributed by atoms with Gasteiger partial charge < -0.3 is 9.84 Å². The first-order valence-electron chi connectivity index (χ1n) is 9.25. The molecule has 0 unspecified atom stereocenters. The molecule has 6 nitrogen and oxygen atoms in total. The van der Waals surface area contributed by atoms with Gasteiger partial charge in [-0.1, -0.05) is 59.6 Å². The van der Waals surface area contributed by atoms with Crippen LogP contribution in [0.15, 0.2) is 60.7 Å². The third-order valence-corrected chi connectivity index (χ3v) is 5.41. The third kappa shape index (κ3) is 4.00. The van der Waals surface area contributed by atoms with E-state index in [0.717, 1.165) is 10.5 Å². The first-order chi connectivity index (χ1) is 14.9. The molecule has 1 aliphatic heterocycles. The first-order valence-corrected chi connectivity index (χ1v) is 10.0. The molecular weight excluding hydrogens is 441 g/mol. The van der Waals surface area contributed by atoms with E-state index >= 15 is 0 Å². The standard InChI is InChI=1S/C23H15Cl2NO5/c24-15-7-9-18(31-12-13-4-2-1-3-5-13)21-20(15)22(29)26(23(21)30)17-8-6-14(10-16(17)25)11-19(27)28/h1-10H,11-12H2,(H,27,28). The van der Waals surface area contributed by atoms with Crippen molar-refractivity contribution in [2.75, 3.05) is 4.90 Å². The summed E-state index contributed by atoms with van der Waals surface area (Å²) in [6.07, 6.45) is -0.231. The van der Waals surface area contributed by atoms with Crippen LogP contribution in [0.4, 0.5) is 5.69 Å². The summed E-state index contributed by atoms with van der Waals surface area (Å²) in [5.74, 6) is -2.01. The normalized spacial score (nSPS) is 12.8. The van der Waals surface area contributed by atoms with Crippen molar-refractivity contribution < 1.29 is 24.2 Å². The highest BCUT2D eigenvalue weighted by Gasteiger charge is 2.41. The molecule has 0 saturated heterocycles. The van der Waals surface area contributed by atoms with Gasteiger partial charge in [0.2, 0.25) is 0 Å². The zero-order valence-corrected chi connectivity index (χ0v) is 17.5. The summed E-state index contributed by atoms with van der Waals surface area (Å²) in [5.41, 5.74) is 1.61. The minimum Gasteiger partial charge on any atom is -0.488 e. The number of benzene rings is 3. The number of carboxylic acid groups (broad SMARTS) is 1. The van der Waals surface area contributed by atoms with Gasteiger partial charge in [-0.15, -0.1) is 0 Å². The van der Waals surface area contributed by atoms with E-state index in [2.05, 4.69) is 0 Å². The van der Waals surface area contributed by atoms with Crippen LogP contribution in [0, 0.1) is 0 Å². The Morgan fingerprint density at radius 1 is 0.871 bits per heavy atom. The number of nitrogens with zero attached hydrogens (tertiary/aromatic N) is 1.